The minimum absolute atomic E-state index is 0.0126. The van der Waals surface area contributed by atoms with Crippen molar-refractivity contribution in [3.8, 4) is 6.07 Å². The molecule has 2 rings (SSSR count). The zero-order valence-electron chi connectivity index (χ0n) is 11.1. The number of hydrogen-bond acceptors (Lipinski definition) is 4. The Bertz CT molecular complexity index is 636. The average Bonchev–Trinajstić information content (AvgIpc) is 2.36. The molecular formula is C13H16ClN3O2S. The van der Waals surface area contributed by atoms with Crippen LogP contribution in [0.15, 0.2) is 23.1 Å². The predicted octanol–water partition coefficient (Wildman–Crippen LogP) is 1.58. The van der Waals surface area contributed by atoms with Crippen LogP contribution in [0.25, 0.3) is 0 Å². The summed E-state index contributed by atoms with van der Waals surface area (Å²) in [6.45, 7) is 3.67. The van der Waals surface area contributed by atoms with E-state index in [-0.39, 0.29) is 21.5 Å². The van der Waals surface area contributed by atoms with Crippen LogP contribution in [0.1, 0.15) is 18.9 Å². The van der Waals surface area contributed by atoms with E-state index in [9.17, 15) is 8.42 Å². The van der Waals surface area contributed by atoms with E-state index in [0.29, 0.717) is 19.6 Å². The summed E-state index contributed by atoms with van der Waals surface area (Å²) in [6.07, 6.45) is 0.727. The second-order valence-corrected chi connectivity index (χ2v) is 6.95. The SMILES string of the molecule is CCCN(C1CNC1)S(=O)(=O)c1cc(C#N)ccc1Cl. The van der Waals surface area contributed by atoms with Crippen LogP contribution >= 0.6 is 11.6 Å². The number of nitrogens with zero attached hydrogens (tertiary/aromatic N) is 2. The number of benzene rings is 1. The van der Waals surface area contributed by atoms with Crippen LogP contribution in [0, 0.1) is 11.3 Å². The van der Waals surface area contributed by atoms with Crippen LogP contribution in [0.4, 0.5) is 0 Å². The van der Waals surface area contributed by atoms with Crippen LogP contribution in [0.2, 0.25) is 5.02 Å². The van der Waals surface area contributed by atoms with Crippen molar-refractivity contribution in [2.45, 2.75) is 24.3 Å². The van der Waals surface area contributed by atoms with E-state index in [1.807, 2.05) is 13.0 Å². The summed E-state index contributed by atoms with van der Waals surface area (Å²) in [7, 11) is -3.68. The molecule has 0 atom stereocenters. The van der Waals surface area contributed by atoms with E-state index >= 15 is 0 Å². The molecule has 1 aromatic carbocycles. The molecule has 0 amide bonds. The van der Waals surface area contributed by atoms with E-state index in [4.69, 9.17) is 16.9 Å². The van der Waals surface area contributed by atoms with Crippen LogP contribution in [0.5, 0.6) is 0 Å². The third kappa shape index (κ3) is 2.81. The van der Waals surface area contributed by atoms with Crippen molar-refractivity contribution < 1.29 is 8.42 Å². The molecule has 0 aromatic heterocycles. The highest BCUT2D eigenvalue weighted by atomic mass is 35.5. The maximum absolute atomic E-state index is 12.7. The van der Waals surface area contributed by atoms with Crippen molar-refractivity contribution in [1.29, 1.82) is 5.26 Å². The lowest BCUT2D eigenvalue weighted by Gasteiger charge is -2.37. The van der Waals surface area contributed by atoms with Crippen LogP contribution in [0.3, 0.4) is 0 Å². The van der Waals surface area contributed by atoms with Crippen molar-refractivity contribution in [3.63, 3.8) is 0 Å². The molecule has 0 aliphatic carbocycles. The van der Waals surface area contributed by atoms with Crippen molar-refractivity contribution >= 4 is 21.6 Å². The molecule has 1 aliphatic heterocycles. The van der Waals surface area contributed by atoms with E-state index < -0.39 is 10.0 Å². The zero-order valence-corrected chi connectivity index (χ0v) is 12.7. The minimum atomic E-state index is -3.68. The van der Waals surface area contributed by atoms with Crippen LogP contribution in [-0.4, -0.2) is 38.4 Å². The van der Waals surface area contributed by atoms with Crippen molar-refractivity contribution in [1.82, 2.24) is 9.62 Å². The Balaban J connectivity index is 2.44. The van der Waals surface area contributed by atoms with Gasteiger partial charge in [0.05, 0.1) is 22.7 Å². The smallest absolute Gasteiger partial charge is 0.244 e. The van der Waals surface area contributed by atoms with Gasteiger partial charge in [0.15, 0.2) is 0 Å². The van der Waals surface area contributed by atoms with Gasteiger partial charge in [-0.1, -0.05) is 18.5 Å². The van der Waals surface area contributed by atoms with Gasteiger partial charge in [-0.25, -0.2) is 8.42 Å². The number of halogens is 1. The van der Waals surface area contributed by atoms with Gasteiger partial charge in [-0.15, -0.1) is 0 Å². The van der Waals surface area contributed by atoms with E-state index in [1.54, 1.807) is 0 Å². The summed E-state index contributed by atoms with van der Waals surface area (Å²) in [6, 6.07) is 6.21. The van der Waals surface area contributed by atoms with E-state index in [2.05, 4.69) is 5.32 Å². The first-order valence-electron chi connectivity index (χ1n) is 6.43. The topological polar surface area (TPSA) is 73.2 Å². The molecule has 1 aliphatic rings. The molecule has 1 heterocycles. The fourth-order valence-corrected chi connectivity index (χ4v) is 4.31. The van der Waals surface area contributed by atoms with Gasteiger partial charge in [0, 0.05) is 19.6 Å². The maximum atomic E-state index is 12.7. The first-order valence-corrected chi connectivity index (χ1v) is 8.24. The first kappa shape index (κ1) is 15.3. The number of nitriles is 1. The van der Waals surface area contributed by atoms with Gasteiger partial charge < -0.3 is 5.32 Å². The third-order valence-electron chi connectivity index (χ3n) is 3.26. The van der Waals surface area contributed by atoms with Gasteiger partial charge in [0.2, 0.25) is 10.0 Å². The summed E-state index contributed by atoms with van der Waals surface area (Å²) in [5.41, 5.74) is 0.288. The normalized spacial score (nSPS) is 15.9. The summed E-state index contributed by atoms with van der Waals surface area (Å²) in [4.78, 5) is 0.0126. The standard InChI is InChI=1S/C13H16ClN3O2S/c1-2-5-17(11-8-16-9-11)20(18,19)13-6-10(7-15)3-4-12(13)14/h3-4,6,11,16H,2,5,8-9H2,1H3. The lowest BCUT2D eigenvalue weighted by atomic mass is 10.2. The van der Waals surface area contributed by atoms with E-state index in [1.165, 1.54) is 22.5 Å². The van der Waals surface area contributed by atoms with Gasteiger partial charge in [-0.05, 0) is 24.6 Å². The predicted molar refractivity (Wildman–Crippen MR) is 77.0 cm³/mol. The summed E-state index contributed by atoms with van der Waals surface area (Å²) < 4.78 is 27.0. The average molecular weight is 314 g/mol. The molecule has 0 bridgehead atoms. The molecule has 1 saturated heterocycles. The monoisotopic (exact) mass is 313 g/mol. The molecule has 0 unspecified atom stereocenters. The molecule has 0 spiro atoms. The highest BCUT2D eigenvalue weighted by Crippen LogP contribution is 2.27. The number of rotatable bonds is 5. The van der Waals surface area contributed by atoms with Gasteiger partial charge in [0.1, 0.15) is 4.90 Å². The molecule has 108 valence electrons. The Hall–Kier alpha value is -1.13. The Morgan fingerprint density at radius 1 is 1.50 bits per heavy atom. The maximum Gasteiger partial charge on any atom is 0.244 e. The molecule has 1 aromatic rings. The van der Waals surface area contributed by atoms with Crippen LogP contribution in [-0.2, 0) is 10.0 Å². The van der Waals surface area contributed by atoms with Crippen LogP contribution < -0.4 is 5.32 Å². The highest BCUT2D eigenvalue weighted by molar-refractivity contribution is 7.89. The molecule has 5 nitrogen and oxygen atoms in total. The number of hydrogen-bond donors (Lipinski definition) is 1. The third-order valence-corrected chi connectivity index (χ3v) is 5.69. The Labute approximate surface area is 124 Å². The highest BCUT2D eigenvalue weighted by Gasteiger charge is 2.35. The van der Waals surface area contributed by atoms with E-state index in [0.717, 1.165) is 6.42 Å². The van der Waals surface area contributed by atoms with Gasteiger partial charge >= 0.3 is 0 Å². The van der Waals surface area contributed by atoms with Gasteiger partial charge in [-0.2, -0.15) is 9.57 Å². The molecule has 1 fully saturated rings. The molecule has 20 heavy (non-hydrogen) atoms. The zero-order chi connectivity index (χ0) is 14.8. The molecular weight excluding hydrogens is 298 g/mol. The van der Waals surface area contributed by atoms with Crippen molar-refractivity contribution in [2.24, 2.45) is 0 Å². The summed E-state index contributed by atoms with van der Waals surface area (Å²) in [5, 5.41) is 12.1. The molecule has 0 saturated carbocycles. The molecule has 0 radical (unpaired) electrons. The lowest BCUT2D eigenvalue weighted by molar-refractivity contribution is 0.242. The summed E-state index contributed by atoms with van der Waals surface area (Å²) in [5.74, 6) is 0. The Morgan fingerprint density at radius 2 is 2.20 bits per heavy atom. The molecule has 7 heteroatoms. The van der Waals surface area contributed by atoms with Crippen molar-refractivity contribution in [2.75, 3.05) is 19.6 Å². The summed E-state index contributed by atoms with van der Waals surface area (Å²) >= 11 is 6.02. The van der Waals surface area contributed by atoms with Gasteiger partial charge in [0.25, 0.3) is 0 Å². The number of sulfonamides is 1. The quantitative estimate of drug-likeness (QED) is 0.896. The molecule has 1 N–H and O–H groups in total. The number of nitrogens with one attached hydrogen (secondary N) is 1. The lowest BCUT2D eigenvalue weighted by Crippen LogP contribution is -2.58. The fourth-order valence-electron chi connectivity index (χ4n) is 2.09. The van der Waals surface area contributed by atoms with Crippen molar-refractivity contribution in [3.05, 3.63) is 28.8 Å². The second kappa shape index (κ2) is 6.10. The van der Waals surface area contributed by atoms with Gasteiger partial charge in [-0.3, -0.25) is 0 Å². The fraction of sp³-hybridized carbons (Fsp3) is 0.462. The Morgan fingerprint density at radius 3 is 2.70 bits per heavy atom. The second-order valence-electron chi connectivity index (χ2n) is 4.68. The Kier molecular flexibility index (Phi) is 4.66. The largest absolute Gasteiger partial charge is 0.313 e. The first-order chi connectivity index (χ1) is 9.50. The minimum Gasteiger partial charge on any atom is -0.313 e.